The van der Waals surface area contributed by atoms with Crippen molar-refractivity contribution in [2.45, 2.75) is 78.1 Å². The number of carbonyl (C=O) groups is 1. The summed E-state index contributed by atoms with van der Waals surface area (Å²) in [5, 5.41) is 10.3. The van der Waals surface area contributed by atoms with Crippen molar-refractivity contribution in [3.63, 3.8) is 0 Å². The van der Waals surface area contributed by atoms with Crippen LogP contribution in [0, 0.1) is 51.8 Å². The van der Waals surface area contributed by atoms with Gasteiger partial charge in [-0.3, -0.25) is 9.79 Å². The Balaban J connectivity index is 0.00000141. The molecule has 0 radical (unpaired) electrons. The number of carbonyl (C=O) groups excluding carboxylic acids is 1. The van der Waals surface area contributed by atoms with Crippen LogP contribution in [-0.4, -0.2) is 31.3 Å². The monoisotopic (exact) mass is 476 g/mol. The molecule has 0 spiro atoms. The highest BCUT2D eigenvalue weighted by molar-refractivity contribution is 5.91. The van der Waals surface area contributed by atoms with Crippen molar-refractivity contribution in [2.75, 3.05) is 19.8 Å². The largest absolute Gasteiger partial charge is 0.381 e. The number of allylic oxidation sites excluding steroid dienone is 1. The van der Waals surface area contributed by atoms with Gasteiger partial charge in [0.15, 0.2) is 5.78 Å². The van der Waals surface area contributed by atoms with Crippen LogP contribution in [0.5, 0.6) is 0 Å². The highest BCUT2D eigenvalue weighted by Gasteiger charge is 2.62. The number of aliphatic imine (C=N–C) groups is 1. The molecule has 1 aliphatic heterocycles. The summed E-state index contributed by atoms with van der Waals surface area (Å²) in [7, 11) is 0. The van der Waals surface area contributed by atoms with E-state index >= 15 is 0 Å². The lowest BCUT2D eigenvalue weighted by atomic mass is 9.44. The maximum Gasteiger partial charge on any atom is 0.155 e. The summed E-state index contributed by atoms with van der Waals surface area (Å²) in [6.45, 7) is 17.9. The number of rotatable bonds is 4. The van der Waals surface area contributed by atoms with E-state index in [0.29, 0.717) is 30.1 Å². The SMILES string of the molecule is C=C.C=C(CCN=C1CCOCC1)C1CCC2C3CCC4=CC(=O)CCC4(C)C3C(C#N)CC12C. The number of nitriles is 1. The highest BCUT2D eigenvalue weighted by Crippen LogP contribution is 2.68. The Labute approximate surface area is 212 Å². The Bertz CT molecular complexity index is 934. The first kappa shape index (κ1) is 26.1. The molecule has 0 N–H and O–H groups in total. The second kappa shape index (κ2) is 10.6. The molecule has 7 unspecified atom stereocenters. The molecule has 5 rings (SSSR count). The van der Waals surface area contributed by atoms with Crippen molar-refractivity contribution in [2.24, 2.45) is 45.4 Å². The van der Waals surface area contributed by atoms with Crippen LogP contribution in [0.3, 0.4) is 0 Å². The predicted octanol–water partition coefficient (Wildman–Crippen LogP) is 6.88. The fourth-order valence-corrected chi connectivity index (χ4v) is 8.84. The minimum absolute atomic E-state index is 0.0352. The number of hydrogen-bond acceptors (Lipinski definition) is 4. The van der Waals surface area contributed by atoms with Gasteiger partial charge in [-0.25, -0.2) is 0 Å². The summed E-state index contributed by atoms with van der Waals surface area (Å²) in [4.78, 5) is 17.0. The Morgan fingerprint density at radius 3 is 2.63 bits per heavy atom. The smallest absolute Gasteiger partial charge is 0.155 e. The lowest BCUT2D eigenvalue weighted by Gasteiger charge is -2.59. The molecule has 4 aliphatic carbocycles. The van der Waals surface area contributed by atoms with Gasteiger partial charge in [0.1, 0.15) is 0 Å². The van der Waals surface area contributed by atoms with Crippen LogP contribution >= 0.6 is 0 Å². The van der Waals surface area contributed by atoms with Crippen LogP contribution in [-0.2, 0) is 9.53 Å². The molecule has 0 aromatic carbocycles. The number of fused-ring (bicyclic) bond motifs is 5. The minimum atomic E-state index is 0.0352. The third-order valence-corrected chi connectivity index (χ3v) is 10.4. The molecule has 0 aromatic heterocycles. The first-order valence-corrected chi connectivity index (χ1v) is 13.8. The van der Waals surface area contributed by atoms with Gasteiger partial charge >= 0.3 is 0 Å². The molecule has 4 heteroatoms. The number of ketones is 1. The summed E-state index contributed by atoms with van der Waals surface area (Å²) in [6.07, 6.45) is 12.1. The fraction of sp³-hybridized carbons (Fsp3) is 0.710. The molecule has 4 fully saturated rings. The normalized spacial score (nSPS) is 40.1. The van der Waals surface area contributed by atoms with E-state index in [2.05, 4.69) is 39.7 Å². The zero-order valence-electron chi connectivity index (χ0n) is 22.0. The van der Waals surface area contributed by atoms with E-state index in [4.69, 9.17) is 9.73 Å². The van der Waals surface area contributed by atoms with E-state index in [1.54, 1.807) is 0 Å². The zero-order chi connectivity index (χ0) is 25.2. The number of hydrogen-bond donors (Lipinski definition) is 0. The first-order chi connectivity index (χ1) is 16.9. The van der Waals surface area contributed by atoms with Crippen LogP contribution in [0.15, 0.2) is 42.0 Å². The molecule has 1 saturated heterocycles. The van der Waals surface area contributed by atoms with Gasteiger partial charge in [-0.05, 0) is 85.5 Å². The van der Waals surface area contributed by atoms with Crippen molar-refractivity contribution in [3.8, 4) is 6.07 Å². The van der Waals surface area contributed by atoms with E-state index in [1.807, 2.05) is 6.08 Å². The number of ether oxygens (including phenoxy) is 1. The molecule has 190 valence electrons. The van der Waals surface area contributed by atoms with Crippen LogP contribution < -0.4 is 0 Å². The maximum atomic E-state index is 12.1. The van der Waals surface area contributed by atoms with Gasteiger partial charge in [0.25, 0.3) is 0 Å². The second-order valence-electron chi connectivity index (χ2n) is 11.9. The number of nitrogens with zero attached hydrogens (tertiary/aromatic N) is 2. The Kier molecular flexibility index (Phi) is 7.86. The molecule has 0 bridgehead atoms. The zero-order valence-corrected chi connectivity index (χ0v) is 22.0. The molecule has 35 heavy (non-hydrogen) atoms. The van der Waals surface area contributed by atoms with E-state index in [0.717, 1.165) is 64.7 Å². The maximum absolute atomic E-state index is 12.1. The molecule has 0 aromatic rings. The average Bonchev–Trinajstić information content (AvgIpc) is 3.22. The highest BCUT2D eigenvalue weighted by atomic mass is 16.5. The Hall–Kier alpha value is -1.99. The minimum Gasteiger partial charge on any atom is -0.381 e. The van der Waals surface area contributed by atoms with Gasteiger partial charge in [0.05, 0.1) is 25.2 Å². The predicted molar refractivity (Wildman–Crippen MR) is 142 cm³/mol. The molecule has 5 aliphatic rings. The average molecular weight is 477 g/mol. The van der Waals surface area contributed by atoms with Crippen molar-refractivity contribution in [1.82, 2.24) is 0 Å². The molecular formula is C31H44N2O2. The molecule has 4 nitrogen and oxygen atoms in total. The lowest BCUT2D eigenvalue weighted by Crippen LogP contribution is -2.54. The van der Waals surface area contributed by atoms with Crippen LogP contribution in [0.4, 0.5) is 0 Å². The summed E-state index contributed by atoms with van der Waals surface area (Å²) in [5.41, 5.74) is 4.22. The van der Waals surface area contributed by atoms with Gasteiger partial charge in [-0.1, -0.05) is 31.6 Å². The quantitative estimate of drug-likeness (QED) is 0.415. The fourth-order valence-electron chi connectivity index (χ4n) is 8.84. The third kappa shape index (κ3) is 4.62. The van der Waals surface area contributed by atoms with Gasteiger partial charge in [0.2, 0.25) is 0 Å². The van der Waals surface area contributed by atoms with Crippen LogP contribution in [0.2, 0.25) is 0 Å². The van der Waals surface area contributed by atoms with E-state index in [9.17, 15) is 10.1 Å². The van der Waals surface area contributed by atoms with Crippen molar-refractivity contribution >= 4 is 11.5 Å². The summed E-state index contributed by atoms with van der Waals surface area (Å²) < 4.78 is 5.45. The van der Waals surface area contributed by atoms with E-state index in [1.165, 1.54) is 29.7 Å². The summed E-state index contributed by atoms with van der Waals surface area (Å²) in [6, 6.07) is 2.78. The summed E-state index contributed by atoms with van der Waals surface area (Å²) >= 11 is 0. The third-order valence-electron chi connectivity index (χ3n) is 10.4. The standard InChI is InChI=1S/C29H40N2O2.C2H4/c1-19(9-13-31-22-10-14-33-15-11-22)25-6-7-26-24-5-4-21-16-23(32)8-12-28(21,2)27(24)20(18-30)17-29(25,26)3;1-2/h16,20,24-27H,1,4-15,17H2,2-3H3;1-2H2. The summed E-state index contributed by atoms with van der Waals surface area (Å²) in [5.74, 6) is 2.55. The lowest BCUT2D eigenvalue weighted by molar-refractivity contribution is -0.118. The Morgan fingerprint density at radius 1 is 1.17 bits per heavy atom. The van der Waals surface area contributed by atoms with Crippen LogP contribution in [0.25, 0.3) is 0 Å². The van der Waals surface area contributed by atoms with Crippen molar-refractivity contribution in [1.29, 1.82) is 5.26 Å². The molecule has 1 heterocycles. The van der Waals surface area contributed by atoms with Gasteiger partial charge < -0.3 is 4.74 Å². The van der Waals surface area contributed by atoms with Gasteiger partial charge in [-0.15, -0.1) is 13.2 Å². The second-order valence-corrected chi connectivity index (χ2v) is 11.9. The van der Waals surface area contributed by atoms with Crippen molar-refractivity contribution < 1.29 is 9.53 Å². The van der Waals surface area contributed by atoms with Gasteiger partial charge in [-0.2, -0.15) is 5.26 Å². The Morgan fingerprint density at radius 2 is 1.91 bits per heavy atom. The first-order valence-electron chi connectivity index (χ1n) is 13.8. The molecule has 0 amide bonds. The molecule has 3 saturated carbocycles. The van der Waals surface area contributed by atoms with E-state index < -0.39 is 0 Å². The molecule has 7 atom stereocenters. The van der Waals surface area contributed by atoms with Crippen LogP contribution in [0.1, 0.15) is 78.1 Å². The molecular weight excluding hydrogens is 432 g/mol. The topological polar surface area (TPSA) is 62.4 Å². The van der Waals surface area contributed by atoms with Crippen molar-refractivity contribution in [3.05, 3.63) is 37.0 Å². The van der Waals surface area contributed by atoms with Gasteiger partial charge in [0, 0.05) is 31.5 Å². The van der Waals surface area contributed by atoms with E-state index in [-0.39, 0.29) is 22.5 Å².